The lowest BCUT2D eigenvalue weighted by atomic mass is 9.52. The lowest BCUT2D eigenvalue weighted by molar-refractivity contribution is -0.165. The highest BCUT2D eigenvalue weighted by atomic mass is 16.5. The lowest BCUT2D eigenvalue weighted by Gasteiger charge is -2.54. The largest absolute Gasteiger partial charge is 0.497 e. The number of carbonyl (C=O) groups excluding carboxylic acids is 2. The number of piperidine rings is 1. The first-order chi connectivity index (χ1) is 11.5. The van der Waals surface area contributed by atoms with Crippen LogP contribution in [0.1, 0.15) is 49.7 Å². The molecule has 1 aromatic carbocycles. The molecule has 1 aromatic rings. The number of methoxy groups -OCH3 is 1. The monoisotopic (exact) mass is 327 g/mol. The third kappa shape index (κ3) is 2.04. The van der Waals surface area contributed by atoms with Gasteiger partial charge in [0, 0.05) is 13.5 Å². The number of benzene rings is 1. The van der Waals surface area contributed by atoms with Gasteiger partial charge in [-0.25, -0.2) is 0 Å². The van der Waals surface area contributed by atoms with Crippen LogP contribution >= 0.6 is 0 Å². The molecule has 0 bridgehead atoms. The van der Waals surface area contributed by atoms with Gasteiger partial charge in [0.15, 0.2) is 0 Å². The van der Waals surface area contributed by atoms with E-state index in [0.29, 0.717) is 18.3 Å². The SMILES string of the molecule is COc1ccc2c(c1)CC[C@@H]1C2CC[C@]2(C)C(=O)N(C)C(=O)CC12. The summed E-state index contributed by atoms with van der Waals surface area (Å²) in [7, 11) is 3.34. The molecular weight excluding hydrogens is 302 g/mol. The number of fused-ring (bicyclic) bond motifs is 5. The van der Waals surface area contributed by atoms with Crippen LogP contribution in [0.2, 0.25) is 0 Å². The van der Waals surface area contributed by atoms with E-state index in [1.165, 1.54) is 16.0 Å². The minimum absolute atomic E-state index is 0.0105. The summed E-state index contributed by atoms with van der Waals surface area (Å²) in [6.45, 7) is 2.09. The van der Waals surface area contributed by atoms with Crippen molar-refractivity contribution in [3.8, 4) is 5.75 Å². The maximum absolute atomic E-state index is 12.8. The number of aryl methyl sites for hydroxylation is 1. The fourth-order valence-electron chi connectivity index (χ4n) is 5.47. The Bertz CT molecular complexity index is 713. The predicted octanol–water partition coefficient (Wildman–Crippen LogP) is 3.15. The molecule has 1 heterocycles. The zero-order chi connectivity index (χ0) is 17.1. The van der Waals surface area contributed by atoms with E-state index >= 15 is 0 Å². The fourth-order valence-corrected chi connectivity index (χ4v) is 5.47. The number of hydrogen-bond donors (Lipinski definition) is 0. The molecule has 0 radical (unpaired) electrons. The minimum atomic E-state index is -0.367. The number of amides is 2. The average Bonchev–Trinajstić information content (AvgIpc) is 2.60. The second-order valence-electron chi connectivity index (χ2n) is 7.90. The van der Waals surface area contributed by atoms with E-state index in [-0.39, 0.29) is 23.1 Å². The summed E-state index contributed by atoms with van der Waals surface area (Å²) >= 11 is 0. The number of nitrogens with zero attached hydrogens (tertiary/aromatic N) is 1. The smallest absolute Gasteiger partial charge is 0.235 e. The van der Waals surface area contributed by atoms with Gasteiger partial charge in [-0.05, 0) is 66.7 Å². The number of likely N-dealkylation sites (tertiary alicyclic amines) is 1. The fraction of sp³-hybridized carbons (Fsp3) is 0.600. The van der Waals surface area contributed by atoms with Gasteiger partial charge in [-0.1, -0.05) is 13.0 Å². The van der Waals surface area contributed by atoms with E-state index in [9.17, 15) is 9.59 Å². The second kappa shape index (κ2) is 5.33. The van der Waals surface area contributed by atoms with E-state index in [2.05, 4.69) is 19.1 Å². The summed E-state index contributed by atoms with van der Waals surface area (Å²) < 4.78 is 5.36. The number of ether oxygens (including phenoxy) is 1. The van der Waals surface area contributed by atoms with E-state index in [4.69, 9.17) is 4.74 Å². The first-order valence-electron chi connectivity index (χ1n) is 8.93. The van der Waals surface area contributed by atoms with Crippen molar-refractivity contribution in [3.05, 3.63) is 29.3 Å². The van der Waals surface area contributed by atoms with Gasteiger partial charge >= 0.3 is 0 Å². The average molecular weight is 327 g/mol. The molecule has 128 valence electrons. The van der Waals surface area contributed by atoms with Crippen LogP contribution in [0.3, 0.4) is 0 Å². The third-order valence-corrected chi connectivity index (χ3v) is 6.89. The van der Waals surface area contributed by atoms with Crippen molar-refractivity contribution in [1.82, 2.24) is 4.90 Å². The van der Waals surface area contributed by atoms with Gasteiger partial charge in [0.2, 0.25) is 11.8 Å². The molecule has 4 rings (SSSR count). The van der Waals surface area contributed by atoms with Gasteiger partial charge < -0.3 is 4.74 Å². The third-order valence-electron chi connectivity index (χ3n) is 6.89. The van der Waals surface area contributed by atoms with Crippen molar-refractivity contribution in [1.29, 1.82) is 0 Å². The summed E-state index contributed by atoms with van der Waals surface area (Å²) in [5.41, 5.74) is 2.42. The lowest BCUT2D eigenvalue weighted by Crippen LogP contribution is -2.58. The van der Waals surface area contributed by atoms with Crippen LogP contribution in [0.15, 0.2) is 18.2 Å². The first-order valence-corrected chi connectivity index (χ1v) is 8.93. The molecule has 2 aliphatic carbocycles. The van der Waals surface area contributed by atoms with Gasteiger partial charge in [0.1, 0.15) is 5.75 Å². The van der Waals surface area contributed by atoms with Gasteiger partial charge in [0.05, 0.1) is 12.5 Å². The molecule has 4 nitrogen and oxygen atoms in total. The molecule has 24 heavy (non-hydrogen) atoms. The summed E-state index contributed by atoms with van der Waals surface area (Å²) in [6.07, 6.45) is 4.50. The molecule has 3 aliphatic rings. The molecule has 2 fully saturated rings. The molecule has 4 atom stereocenters. The number of imide groups is 1. The summed E-state index contributed by atoms with van der Waals surface area (Å²) in [5.74, 6) is 2.03. The van der Waals surface area contributed by atoms with Gasteiger partial charge in [-0.15, -0.1) is 0 Å². The Morgan fingerprint density at radius 2 is 2.04 bits per heavy atom. The topological polar surface area (TPSA) is 46.6 Å². The van der Waals surface area contributed by atoms with Gasteiger partial charge in [0.25, 0.3) is 0 Å². The van der Waals surface area contributed by atoms with Crippen LogP contribution in [0.25, 0.3) is 0 Å². The molecule has 1 aliphatic heterocycles. The van der Waals surface area contributed by atoms with Crippen molar-refractivity contribution in [3.63, 3.8) is 0 Å². The van der Waals surface area contributed by atoms with Gasteiger partial charge in [-0.3, -0.25) is 14.5 Å². The van der Waals surface area contributed by atoms with E-state index in [0.717, 1.165) is 31.4 Å². The minimum Gasteiger partial charge on any atom is -0.497 e. The van der Waals surface area contributed by atoms with E-state index in [1.807, 2.05) is 6.07 Å². The Kier molecular flexibility index (Phi) is 3.48. The Hall–Kier alpha value is -1.84. The standard InChI is InChI=1S/C20H25NO3/c1-20-9-8-15-14-7-5-13(24-3)10-12(14)4-6-16(15)17(20)11-18(22)21(2)19(20)23/h5,7,10,15-17H,4,6,8-9,11H2,1-3H3/t15?,16-,17?,20+/m1/s1. The normalized spacial score (nSPS) is 35.1. The molecular formula is C20H25NO3. The maximum Gasteiger partial charge on any atom is 0.235 e. The van der Waals surface area contributed by atoms with Crippen LogP contribution in [-0.2, 0) is 16.0 Å². The van der Waals surface area contributed by atoms with Crippen LogP contribution in [0.4, 0.5) is 0 Å². The maximum atomic E-state index is 12.8. The van der Waals surface area contributed by atoms with Crippen LogP contribution in [0.5, 0.6) is 5.75 Å². The molecule has 4 heteroatoms. The summed E-state index contributed by atoms with van der Waals surface area (Å²) in [6, 6.07) is 6.40. The zero-order valence-electron chi connectivity index (χ0n) is 14.7. The first kappa shape index (κ1) is 15.7. The highest BCUT2D eigenvalue weighted by molar-refractivity contribution is 6.00. The van der Waals surface area contributed by atoms with Crippen molar-refractivity contribution < 1.29 is 14.3 Å². The van der Waals surface area contributed by atoms with Crippen molar-refractivity contribution in [2.24, 2.45) is 17.3 Å². The molecule has 0 aromatic heterocycles. The predicted molar refractivity (Wildman–Crippen MR) is 90.8 cm³/mol. The second-order valence-corrected chi connectivity index (χ2v) is 7.90. The number of hydrogen-bond acceptors (Lipinski definition) is 3. The Labute approximate surface area is 143 Å². The molecule has 1 saturated heterocycles. The van der Waals surface area contributed by atoms with Gasteiger partial charge in [-0.2, -0.15) is 0 Å². The Morgan fingerprint density at radius 3 is 2.79 bits per heavy atom. The van der Waals surface area contributed by atoms with E-state index < -0.39 is 0 Å². The Morgan fingerprint density at radius 1 is 1.25 bits per heavy atom. The van der Waals surface area contributed by atoms with E-state index in [1.54, 1.807) is 14.2 Å². The van der Waals surface area contributed by atoms with Crippen LogP contribution in [0, 0.1) is 17.3 Å². The molecule has 0 N–H and O–H groups in total. The Balaban J connectivity index is 1.70. The van der Waals surface area contributed by atoms with Crippen LogP contribution < -0.4 is 4.74 Å². The molecule has 2 unspecified atom stereocenters. The van der Waals surface area contributed by atoms with Crippen LogP contribution in [-0.4, -0.2) is 30.9 Å². The number of rotatable bonds is 1. The summed E-state index contributed by atoms with van der Waals surface area (Å²) in [5, 5.41) is 0. The number of carbonyl (C=O) groups is 2. The van der Waals surface area contributed by atoms with Crippen molar-refractivity contribution in [2.45, 2.75) is 44.9 Å². The summed E-state index contributed by atoms with van der Waals surface area (Å²) in [4.78, 5) is 26.4. The van der Waals surface area contributed by atoms with Crippen molar-refractivity contribution in [2.75, 3.05) is 14.2 Å². The quantitative estimate of drug-likeness (QED) is 0.745. The molecule has 0 spiro atoms. The van der Waals surface area contributed by atoms with Crippen molar-refractivity contribution >= 4 is 11.8 Å². The molecule has 2 amide bonds. The highest BCUT2D eigenvalue weighted by Crippen LogP contribution is 2.57. The zero-order valence-corrected chi connectivity index (χ0v) is 14.7. The highest BCUT2D eigenvalue weighted by Gasteiger charge is 2.56. The molecule has 1 saturated carbocycles.